The second-order valence-electron chi connectivity index (χ2n) is 0.987. The third-order valence-corrected chi connectivity index (χ3v) is 2.92. The first kappa shape index (κ1) is 9.92. The molecule has 0 saturated carbocycles. The minimum Gasteiger partial charge on any atom is -0.302 e. The second kappa shape index (κ2) is 2.89. The summed E-state index contributed by atoms with van der Waals surface area (Å²) in [6.07, 6.45) is -4.11. The monoisotopic (exact) mass is 214 g/mol. The third-order valence-electron chi connectivity index (χ3n) is 0.201. The fourth-order valence-corrected chi connectivity index (χ4v) is 2.56. The molecular weight excluding hydrogens is 213 g/mol. The number of hydrogen-bond donors (Lipinski definition) is 2. The Balaban J connectivity index is 4.07. The van der Waals surface area contributed by atoms with Crippen LogP contribution in [-0.4, -0.2) is 9.79 Å². The molecular formula is H2Cl2O5P2. The molecule has 5 nitrogen and oxygen atoms in total. The highest BCUT2D eigenvalue weighted by Crippen LogP contribution is 2.66. The van der Waals surface area contributed by atoms with Gasteiger partial charge in [-0.15, -0.1) is 0 Å². The van der Waals surface area contributed by atoms with Gasteiger partial charge >= 0.3 is 13.9 Å². The Morgan fingerprint density at radius 2 is 1.56 bits per heavy atom. The molecule has 2 N–H and O–H groups in total. The van der Waals surface area contributed by atoms with Gasteiger partial charge in [-0.2, -0.15) is 0 Å². The van der Waals surface area contributed by atoms with Gasteiger partial charge in [0.1, 0.15) is 0 Å². The number of rotatable bonds is 2. The van der Waals surface area contributed by atoms with Gasteiger partial charge < -0.3 is 9.79 Å². The molecule has 0 radical (unpaired) electrons. The number of halogens is 2. The SMILES string of the molecule is O=P(O)(O)OP(=O)(Cl)Cl. The van der Waals surface area contributed by atoms with Gasteiger partial charge in [-0.1, -0.05) is 0 Å². The van der Waals surface area contributed by atoms with Crippen LogP contribution in [0.1, 0.15) is 0 Å². The van der Waals surface area contributed by atoms with E-state index in [1.54, 1.807) is 0 Å². The predicted octanol–water partition coefficient (Wildman–Crippen LogP) is 1.68. The van der Waals surface area contributed by atoms with E-state index >= 15 is 0 Å². The fourth-order valence-electron chi connectivity index (χ4n) is 0.124. The molecule has 9 heavy (non-hydrogen) atoms. The van der Waals surface area contributed by atoms with E-state index in [0.29, 0.717) is 0 Å². The minimum atomic E-state index is -4.81. The summed E-state index contributed by atoms with van der Waals surface area (Å²) in [6.45, 7) is 0. The van der Waals surface area contributed by atoms with Crippen molar-refractivity contribution in [2.75, 3.05) is 0 Å². The summed E-state index contributed by atoms with van der Waals surface area (Å²) in [7, 11) is -4.81. The van der Waals surface area contributed by atoms with E-state index in [-0.39, 0.29) is 0 Å². The number of hydrogen-bond acceptors (Lipinski definition) is 3. The molecule has 0 atom stereocenters. The Bertz CT molecular complexity index is 153. The molecule has 0 amide bonds. The normalized spacial score (nSPS) is 13.8. The van der Waals surface area contributed by atoms with Crippen LogP contribution in [-0.2, 0) is 13.4 Å². The van der Waals surface area contributed by atoms with Crippen molar-refractivity contribution in [3.05, 3.63) is 0 Å². The van der Waals surface area contributed by atoms with E-state index < -0.39 is 13.9 Å². The van der Waals surface area contributed by atoms with Crippen molar-refractivity contribution in [1.82, 2.24) is 0 Å². The van der Waals surface area contributed by atoms with E-state index in [9.17, 15) is 9.13 Å². The maximum Gasteiger partial charge on any atom is 0.476 e. The van der Waals surface area contributed by atoms with Crippen molar-refractivity contribution in [1.29, 1.82) is 0 Å². The van der Waals surface area contributed by atoms with Gasteiger partial charge in [-0.3, -0.25) is 4.57 Å². The van der Waals surface area contributed by atoms with Crippen LogP contribution in [0.2, 0.25) is 0 Å². The van der Waals surface area contributed by atoms with Crippen molar-refractivity contribution in [2.24, 2.45) is 0 Å². The molecule has 0 spiro atoms. The molecule has 0 heterocycles. The van der Waals surface area contributed by atoms with Crippen molar-refractivity contribution in [3.63, 3.8) is 0 Å². The molecule has 0 aliphatic heterocycles. The van der Waals surface area contributed by atoms with E-state index in [1.165, 1.54) is 0 Å². The largest absolute Gasteiger partial charge is 0.476 e. The third kappa shape index (κ3) is 8.92. The Hall–Kier alpha value is 0.920. The lowest BCUT2D eigenvalue weighted by molar-refractivity contribution is 0.289. The Labute approximate surface area is 60.2 Å². The second-order valence-corrected chi connectivity index (χ2v) is 6.64. The molecule has 0 unspecified atom stereocenters. The van der Waals surface area contributed by atoms with Crippen LogP contribution in [0.3, 0.4) is 0 Å². The maximum absolute atomic E-state index is 10.0. The fraction of sp³-hybridized carbons (Fsp3) is 0. The zero-order valence-corrected chi connectivity index (χ0v) is 7.07. The van der Waals surface area contributed by atoms with Crippen LogP contribution in [0, 0.1) is 0 Å². The minimum absolute atomic E-state index is 3.38. The quantitative estimate of drug-likeness (QED) is 0.684. The molecule has 0 aliphatic carbocycles. The number of phosphoric acid groups is 1. The van der Waals surface area contributed by atoms with Gasteiger partial charge in [0, 0.05) is 0 Å². The first-order chi connectivity index (χ1) is 3.71. The standard InChI is InChI=1S/Cl2H2O5P2/c1-8(2,3)7-9(4,5)6/h(H2,4,5,6). The summed E-state index contributed by atoms with van der Waals surface area (Å²) in [4.78, 5) is 15.8. The molecule has 9 heteroatoms. The van der Waals surface area contributed by atoms with E-state index in [0.717, 1.165) is 0 Å². The maximum atomic E-state index is 10.0. The van der Waals surface area contributed by atoms with Crippen LogP contribution >= 0.6 is 36.4 Å². The van der Waals surface area contributed by atoms with Gasteiger partial charge in [0.25, 0.3) is 0 Å². The van der Waals surface area contributed by atoms with Crippen molar-refractivity contribution < 1.29 is 23.2 Å². The summed E-state index contributed by atoms with van der Waals surface area (Å²) >= 11 is 9.25. The molecule has 0 aromatic heterocycles. The van der Waals surface area contributed by atoms with Crippen LogP contribution in [0.15, 0.2) is 0 Å². The average Bonchev–Trinajstić information content (AvgIpc) is 1.14. The first-order valence-electron chi connectivity index (χ1n) is 1.47. The lowest BCUT2D eigenvalue weighted by Crippen LogP contribution is -1.76. The summed E-state index contributed by atoms with van der Waals surface area (Å²) in [6, 6.07) is 0. The lowest BCUT2D eigenvalue weighted by atomic mass is 15.7. The molecule has 0 fully saturated rings. The Morgan fingerprint density at radius 1 is 1.22 bits per heavy atom. The van der Waals surface area contributed by atoms with Crippen LogP contribution in [0.4, 0.5) is 0 Å². The van der Waals surface area contributed by atoms with E-state index in [2.05, 4.69) is 26.8 Å². The van der Waals surface area contributed by atoms with Crippen LogP contribution < -0.4 is 0 Å². The van der Waals surface area contributed by atoms with E-state index in [1.807, 2.05) is 0 Å². The molecule has 0 aromatic carbocycles. The zero-order valence-electron chi connectivity index (χ0n) is 3.77. The smallest absolute Gasteiger partial charge is 0.302 e. The lowest BCUT2D eigenvalue weighted by Gasteiger charge is -2.02. The molecule has 0 bridgehead atoms. The molecule has 0 aliphatic rings. The van der Waals surface area contributed by atoms with Crippen molar-refractivity contribution in [3.8, 4) is 0 Å². The first-order valence-corrected chi connectivity index (χ1v) is 6.43. The highest BCUT2D eigenvalue weighted by atomic mass is 35.9. The molecule has 0 rings (SSSR count). The van der Waals surface area contributed by atoms with Crippen LogP contribution in [0.5, 0.6) is 0 Å². The van der Waals surface area contributed by atoms with Gasteiger partial charge in [0.05, 0.1) is 0 Å². The molecule has 56 valence electrons. The average molecular weight is 215 g/mol. The zero-order chi connectivity index (χ0) is 7.71. The molecule has 0 aromatic rings. The Morgan fingerprint density at radius 3 is 1.56 bits per heavy atom. The summed E-state index contributed by atoms with van der Waals surface area (Å²) < 4.78 is 23.2. The van der Waals surface area contributed by atoms with Crippen molar-refractivity contribution >= 4 is 36.4 Å². The van der Waals surface area contributed by atoms with E-state index in [4.69, 9.17) is 9.79 Å². The van der Waals surface area contributed by atoms with Crippen molar-refractivity contribution in [2.45, 2.75) is 0 Å². The highest BCUT2D eigenvalue weighted by Gasteiger charge is 2.27. The van der Waals surface area contributed by atoms with Gasteiger partial charge in [0.2, 0.25) is 0 Å². The Kier molecular flexibility index (Phi) is 3.18. The molecule has 0 saturated heterocycles. The van der Waals surface area contributed by atoms with Gasteiger partial charge in [0.15, 0.2) is 0 Å². The van der Waals surface area contributed by atoms with Crippen LogP contribution in [0.25, 0.3) is 0 Å². The summed E-state index contributed by atoms with van der Waals surface area (Å²) in [5.41, 5.74) is 0. The summed E-state index contributed by atoms with van der Waals surface area (Å²) in [5, 5.41) is 0. The summed E-state index contributed by atoms with van der Waals surface area (Å²) in [5.74, 6) is 0. The van der Waals surface area contributed by atoms with Gasteiger partial charge in [-0.25, -0.2) is 8.88 Å². The topological polar surface area (TPSA) is 83.8 Å². The predicted molar refractivity (Wildman–Crippen MR) is 32.4 cm³/mol. The van der Waals surface area contributed by atoms with Gasteiger partial charge in [-0.05, 0) is 22.5 Å². The highest BCUT2D eigenvalue weighted by molar-refractivity contribution is 8.07.